The molecule has 0 aromatic heterocycles. The first-order valence-corrected chi connectivity index (χ1v) is 12.2. The lowest BCUT2D eigenvalue weighted by Crippen LogP contribution is -2.33. The molecule has 3 aromatic carbocycles. The molecule has 0 unspecified atom stereocenters. The van der Waals surface area contributed by atoms with Gasteiger partial charge in [0, 0.05) is 19.2 Å². The second-order valence-electron chi connectivity index (χ2n) is 8.15. The third-order valence-electron chi connectivity index (χ3n) is 5.60. The van der Waals surface area contributed by atoms with E-state index in [4.69, 9.17) is 4.74 Å². The van der Waals surface area contributed by atoms with Crippen LogP contribution in [0.2, 0.25) is 0 Å². The molecule has 0 radical (unpaired) electrons. The lowest BCUT2D eigenvalue weighted by molar-refractivity contribution is -0.117. The van der Waals surface area contributed by atoms with Crippen molar-refractivity contribution in [2.75, 3.05) is 19.5 Å². The number of nitrogens with one attached hydrogen (secondary N) is 1. The summed E-state index contributed by atoms with van der Waals surface area (Å²) in [5.74, 6) is 0.773. The Bertz CT molecular complexity index is 1160. The second-order valence-corrected chi connectivity index (χ2v) is 10.1. The van der Waals surface area contributed by atoms with Crippen LogP contribution in [0.4, 0.5) is 5.69 Å². The lowest BCUT2D eigenvalue weighted by Gasteiger charge is -2.28. The second kappa shape index (κ2) is 10.6. The summed E-state index contributed by atoms with van der Waals surface area (Å²) in [5, 5.41) is 2.89. The molecule has 0 spiro atoms. The van der Waals surface area contributed by atoms with Gasteiger partial charge in [-0.25, -0.2) is 8.42 Å². The van der Waals surface area contributed by atoms with Gasteiger partial charge in [0.25, 0.3) is 0 Å². The van der Waals surface area contributed by atoms with Crippen LogP contribution in [0.5, 0.6) is 5.75 Å². The number of rotatable bonds is 9. The fourth-order valence-corrected chi connectivity index (χ4v) is 4.91. The predicted molar refractivity (Wildman–Crippen MR) is 131 cm³/mol. The van der Waals surface area contributed by atoms with Gasteiger partial charge in [0.2, 0.25) is 15.9 Å². The summed E-state index contributed by atoms with van der Waals surface area (Å²) in [4.78, 5) is 13.1. The molecule has 1 atom stereocenters. The van der Waals surface area contributed by atoms with Crippen molar-refractivity contribution in [2.24, 2.45) is 0 Å². The minimum Gasteiger partial charge on any atom is -0.497 e. The average molecular weight is 467 g/mol. The third kappa shape index (κ3) is 6.00. The Balaban J connectivity index is 1.87. The number of sulfonamides is 1. The molecule has 0 aliphatic rings. The summed E-state index contributed by atoms with van der Waals surface area (Å²) in [6.45, 7) is 4.21. The number of ether oxygens (including phenoxy) is 1. The van der Waals surface area contributed by atoms with Crippen molar-refractivity contribution in [1.82, 2.24) is 4.31 Å². The minimum absolute atomic E-state index is 0.0408. The molecule has 0 aliphatic heterocycles. The predicted octanol–water partition coefficient (Wildman–Crippen LogP) is 5.21. The summed E-state index contributed by atoms with van der Waals surface area (Å²) in [6.07, 6.45) is -0.0408. The molecular formula is C26H30N2O4S. The van der Waals surface area contributed by atoms with Crippen LogP contribution in [-0.2, 0) is 14.8 Å². The van der Waals surface area contributed by atoms with Crippen molar-refractivity contribution < 1.29 is 17.9 Å². The van der Waals surface area contributed by atoms with Gasteiger partial charge in [-0.05, 0) is 53.4 Å². The van der Waals surface area contributed by atoms with Crippen LogP contribution in [0.15, 0.2) is 83.8 Å². The zero-order chi connectivity index (χ0) is 24.0. The van der Waals surface area contributed by atoms with Gasteiger partial charge < -0.3 is 10.1 Å². The number of hydrogen-bond donors (Lipinski definition) is 1. The number of nitrogens with zero attached hydrogens (tertiary/aromatic N) is 1. The van der Waals surface area contributed by atoms with E-state index in [1.165, 1.54) is 16.9 Å². The van der Waals surface area contributed by atoms with Crippen molar-refractivity contribution in [1.29, 1.82) is 0 Å². The fourth-order valence-electron chi connectivity index (χ4n) is 3.55. The maximum absolute atomic E-state index is 13.3. The van der Waals surface area contributed by atoms with Crippen molar-refractivity contribution in [3.05, 3.63) is 90.0 Å². The van der Waals surface area contributed by atoms with Crippen LogP contribution >= 0.6 is 0 Å². The standard InChI is InChI=1S/C26H30N2O4S/c1-19(2)20-10-14-22(15-11-20)27-26(29)18-25(21-12-16-23(32-4)17-13-21)28(3)33(30,31)24-8-6-5-7-9-24/h5-17,19,25H,18H2,1-4H3,(H,27,29)/t25-/m1/s1. The zero-order valence-electron chi connectivity index (χ0n) is 19.4. The van der Waals surface area contributed by atoms with Gasteiger partial charge in [-0.2, -0.15) is 4.31 Å². The quantitative estimate of drug-likeness (QED) is 0.470. The molecular weight excluding hydrogens is 436 g/mol. The number of methoxy groups -OCH3 is 1. The first-order chi connectivity index (χ1) is 15.7. The SMILES string of the molecule is COc1ccc([C@@H](CC(=O)Nc2ccc(C(C)C)cc2)N(C)S(=O)(=O)c2ccccc2)cc1. The Kier molecular flexibility index (Phi) is 7.89. The van der Waals surface area contributed by atoms with Gasteiger partial charge in [0.1, 0.15) is 5.75 Å². The molecule has 174 valence electrons. The monoisotopic (exact) mass is 466 g/mol. The Morgan fingerprint density at radius 1 is 0.909 bits per heavy atom. The van der Waals surface area contributed by atoms with Crippen molar-refractivity contribution in [3.63, 3.8) is 0 Å². The number of amides is 1. The topological polar surface area (TPSA) is 75.7 Å². The summed E-state index contributed by atoms with van der Waals surface area (Å²) in [6, 6.07) is 22.3. The minimum atomic E-state index is -3.81. The maximum atomic E-state index is 13.3. The largest absolute Gasteiger partial charge is 0.497 e. The van der Waals surface area contributed by atoms with Gasteiger partial charge in [0.05, 0.1) is 18.0 Å². The molecule has 0 saturated carbocycles. The van der Waals surface area contributed by atoms with Crippen LogP contribution in [0.1, 0.15) is 43.4 Å². The molecule has 1 amide bonds. The Hall–Kier alpha value is -3.16. The van der Waals surface area contributed by atoms with Crippen molar-refractivity contribution in [2.45, 2.75) is 37.1 Å². The first kappa shape index (κ1) is 24.5. The zero-order valence-corrected chi connectivity index (χ0v) is 20.2. The highest BCUT2D eigenvalue weighted by Crippen LogP contribution is 2.30. The van der Waals surface area contributed by atoms with E-state index in [-0.39, 0.29) is 17.2 Å². The molecule has 33 heavy (non-hydrogen) atoms. The van der Waals surface area contributed by atoms with Crippen LogP contribution < -0.4 is 10.1 Å². The molecule has 0 bridgehead atoms. The highest BCUT2D eigenvalue weighted by atomic mass is 32.2. The van der Waals surface area contributed by atoms with Crippen molar-refractivity contribution >= 4 is 21.6 Å². The van der Waals surface area contributed by atoms with E-state index < -0.39 is 16.1 Å². The molecule has 7 heteroatoms. The summed E-state index contributed by atoms with van der Waals surface area (Å²) in [7, 11) is -0.746. The van der Waals surface area contributed by atoms with E-state index >= 15 is 0 Å². The number of anilines is 1. The van der Waals surface area contributed by atoms with E-state index in [2.05, 4.69) is 19.2 Å². The van der Waals surface area contributed by atoms with Gasteiger partial charge >= 0.3 is 0 Å². The van der Waals surface area contributed by atoms with Crippen LogP contribution in [0.25, 0.3) is 0 Å². The third-order valence-corrected chi connectivity index (χ3v) is 7.48. The van der Waals surface area contributed by atoms with Gasteiger partial charge in [-0.15, -0.1) is 0 Å². The molecule has 6 nitrogen and oxygen atoms in total. The molecule has 0 fully saturated rings. The Morgan fingerprint density at radius 2 is 1.48 bits per heavy atom. The van der Waals surface area contributed by atoms with E-state index in [1.54, 1.807) is 61.7 Å². The highest BCUT2D eigenvalue weighted by Gasteiger charge is 2.31. The summed E-state index contributed by atoms with van der Waals surface area (Å²) < 4.78 is 33.0. The molecule has 0 saturated heterocycles. The van der Waals surface area contributed by atoms with E-state index in [0.29, 0.717) is 22.9 Å². The van der Waals surface area contributed by atoms with Gasteiger partial charge in [0.15, 0.2) is 0 Å². The van der Waals surface area contributed by atoms with Crippen LogP contribution in [0, 0.1) is 0 Å². The van der Waals surface area contributed by atoms with E-state index in [9.17, 15) is 13.2 Å². The molecule has 1 N–H and O–H groups in total. The molecule has 3 aromatic rings. The smallest absolute Gasteiger partial charge is 0.243 e. The number of carbonyl (C=O) groups excluding carboxylic acids is 1. The summed E-state index contributed by atoms with van der Waals surface area (Å²) in [5.41, 5.74) is 2.55. The number of hydrogen-bond acceptors (Lipinski definition) is 4. The fraction of sp³-hybridized carbons (Fsp3) is 0.269. The number of carbonyl (C=O) groups is 1. The molecule has 0 aliphatic carbocycles. The first-order valence-electron chi connectivity index (χ1n) is 10.8. The Labute approximate surface area is 196 Å². The molecule has 0 heterocycles. The highest BCUT2D eigenvalue weighted by molar-refractivity contribution is 7.89. The summed E-state index contributed by atoms with van der Waals surface area (Å²) >= 11 is 0. The van der Waals surface area contributed by atoms with Crippen molar-refractivity contribution in [3.8, 4) is 5.75 Å². The maximum Gasteiger partial charge on any atom is 0.243 e. The van der Waals surface area contributed by atoms with Gasteiger partial charge in [-0.3, -0.25) is 4.79 Å². The number of benzene rings is 3. The van der Waals surface area contributed by atoms with Crippen LogP contribution in [-0.4, -0.2) is 32.8 Å². The van der Waals surface area contributed by atoms with E-state index in [0.717, 1.165) is 0 Å². The average Bonchev–Trinajstić information content (AvgIpc) is 2.83. The Morgan fingerprint density at radius 3 is 2.03 bits per heavy atom. The molecule has 3 rings (SSSR count). The van der Waals surface area contributed by atoms with Crippen LogP contribution in [0.3, 0.4) is 0 Å². The van der Waals surface area contributed by atoms with Gasteiger partial charge in [-0.1, -0.05) is 56.3 Å². The lowest BCUT2D eigenvalue weighted by atomic mass is 10.0. The normalized spacial score (nSPS) is 12.5. The van der Waals surface area contributed by atoms with E-state index in [1.807, 2.05) is 24.3 Å².